The average Bonchev–Trinajstić information content (AvgIpc) is 3.25. The Morgan fingerprint density at radius 3 is 2.10 bits per heavy atom. The molecule has 1 aromatic heterocycles. The van der Waals surface area contributed by atoms with Gasteiger partial charge in [-0.15, -0.1) is 0 Å². The third-order valence-electron chi connectivity index (χ3n) is 4.56. The Bertz CT molecular complexity index is 1090. The van der Waals surface area contributed by atoms with E-state index in [-0.39, 0.29) is 5.76 Å². The SMILES string of the molecule is COc1ccc(-c2oc(C(F)F)nc2-c2ccc(OCc3ccccc3)cc2)cc1. The molecule has 1 heterocycles. The lowest BCUT2D eigenvalue weighted by Crippen LogP contribution is -1.94. The van der Waals surface area contributed by atoms with Crippen molar-refractivity contribution in [3.63, 3.8) is 0 Å². The van der Waals surface area contributed by atoms with Crippen LogP contribution in [0.1, 0.15) is 17.9 Å². The first kappa shape index (κ1) is 19.6. The van der Waals surface area contributed by atoms with Gasteiger partial charge >= 0.3 is 6.43 Å². The van der Waals surface area contributed by atoms with E-state index in [0.717, 1.165) is 5.56 Å². The highest BCUT2D eigenvalue weighted by atomic mass is 19.3. The number of ether oxygens (including phenoxy) is 2. The van der Waals surface area contributed by atoms with Crippen molar-refractivity contribution in [2.45, 2.75) is 13.0 Å². The van der Waals surface area contributed by atoms with Gasteiger partial charge in [-0.1, -0.05) is 30.3 Å². The predicted molar refractivity (Wildman–Crippen MR) is 110 cm³/mol. The van der Waals surface area contributed by atoms with Crippen LogP contribution in [0.25, 0.3) is 22.6 Å². The van der Waals surface area contributed by atoms with Crippen LogP contribution in [-0.4, -0.2) is 12.1 Å². The number of hydrogen-bond acceptors (Lipinski definition) is 4. The van der Waals surface area contributed by atoms with Gasteiger partial charge in [-0.3, -0.25) is 0 Å². The van der Waals surface area contributed by atoms with Gasteiger partial charge in [0.25, 0.3) is 5.89 Å². The first-order valence-electron chi connectivity index (χ1n) is 9.34. The molecular formula is C24H19F2NO3. The summed E-state index contributed by atoms with van der Waals surface area (Å²) in [6.07, 6.45) is -2.80. The summed E-state index contributed by atoms with van der Waals surface area (Å²) in [7, 11) is 1.56. The van der Waals surface area contributed by atoms with Gasteiger partial charge < -0.3 is 13.9 Å². The second-order valence-corrected chi connectivity index (χ2v) is 6.56. The number of nitrogens with zero attached hydrogens (tertiary/aromatic N) is 1. The Labute approximate surface area is 172 Å². The highest BCUT2D eigenvalue weighted by Crippen LogP contribution is 2.36. The third kappa shape index (κ3) is 4.33. The van der Waals surface area contributed by atoms with Crippen molar-refractivity contribution in [2.75, 3.05) is 7.11 Å². The topological polar surface area (TPSA) is 44.5 Å². The molecule has 4 rings (SSSR count). The van der Waals surface area contributed by atoms with E-state index in [0.29, 0.717) is 34.9 Å². The molecule has 0 fully saturated rings. The predicted octanol–water partition coefficient (Wildman–Crippen LogP) is 6.53. The molecule has 0 aliphatic carbocycles. The van der Waals surface area contributed by atoms with Gasteiger partial charge in [-0.2, -0.15) is 8.78 Å². The molecule has 152 valence electrons. The quantitative estimate of drug-likeness (QED) is 0.349. The van der Waals surface area contributed by atoms with Crippen molar-refractivity contribution in [3.8, 4) is 34.1 Å². The monoisotopic (exact) mass is 407 g/mol. The van der Waals surface area contributed by atoms with Crippen LogP contribution >= 0.6 is 0 Å². The standard InChI is InChI=1S/C24H19F2NO3/c1-28-19-11-9-18(10-12-19)22-21(27-24(30-22)23(25)26)17-7-13-20(14-8-17)29-15-16-5-3-2-4-6-16/h2-14,23H,15H2,1H3. The van der Waals surface area contributed by atoms with Gasteiger partial charge in [0, 0.05) is 11.1 Å². The normalized spacial score (nSPS) is 10.9. The minimum absolute atomic E-state index is 0.283. The largest absolute Gasteiger partial charge is 0.497 e. The fourth-order valence-electron chi connectivity index (χ4n) is 3.01. The zero-order valence-electron chi connectivity index (χ0n) is 16.2. The maximum atomic E-state index is 13.2. The third-order valence-corrected chi connectivity index (χ3v) is 4.56. The number of alkyl halides is 2. The highest BCUT2D eigenvalue weighted by molar-refractivity contribution is 5.77. The highest BCUT2D eigenvalue weighted by Gasteiger charge is 2.22. The van der Waals surface area contributed by atoms with Crippen LogP contribution in [0.3, 0.4) is 0 Å². The molecule has 4 aromatic rings. The lowest BCUT2D eigenvalue weighted by Gasteiger charge is -2.07. The van der Waals surface area contributed by atoms with Crippen LogP contribution in [0.4, 0.5) is 8.78 Å². The van der Waals surface area contributed by atoms with Crippen LogP contribution in [0, 0.1) is 0 Å². The number of oxazole rings is 1. The lowest BCUT2D eigenvalue weighted by atomic mass is 10.1. The molecule has 6 heteroatoms. The number of halogens is 2. The van der Waals surface area contributed by atoms with Crippen LogP contribution in [0.15, 0.2) is 83.3 Å². The van der Waals surface area contributed by atoms with Crippen LogP contribution in [0.2, 0.25) is 0 Å². The Morgan fingerprint density at radius 1 is 0.833 bits per heavy atom. The number of methoxy groups -OCH3 is 1. The molecule has 0 aliphatic heterocycles. The number of aromatic nitrogens is 1. The van der Waals surface area contributed by atoms with Gasteiger partial charge in [0.1, 0.15) is 23.8 Å². The number of hydrogen-bond donors (Lipinski definition) is 0. The molecule has 0 saturated heterocycles. The van der Waals surface area contributed by atoms with Crippen molar-refractivity contribution in [1.82, 2.24) is 4.98 Å². The van der Waals surface area contributed by atoms with Crippen molar-refractivity contribution < 1.29 is 22.7 Å². The summed E-state index contributed by atoms with van der Waals surface area (Å²) in [5, 5.41) is 0. The molecule has 3 aromatic carbocycles. The van der Waals surface area contributed by atoms with Gasteiger partial charge in [-0.05, 0) is 54.1 Å². The zero-order chi connectivity index (χ0) is 20.9. The molecule has 0 bridgehead atoms. The first-order valence-corrected chi connectivity index (χ1v) is 9.34. The zero-order valence-corrected chi connectivity index (χ0v) is 16.2. The summed E-state index contributed by atoms with van der Waals surface area (Å²) < 4.78 is 42.8. The summed E-state index contributed by atoms with van der Waals surface area (Å²) in [5.74, 6) is 1.01. The molecule has 30 heavy (non-hydrogen) atoms. The van der Waals surface area contributed by atoms with Gasteiger partial charge in [0.05, 0.1) is 7.11 Å². The van der Waals surface area contributed by atoms with E-state index in [1.165, 1.54) is 0 Å². The van der Waals surface area contributed by atoms with Crippen molar-refractivity contribution >= 4 is 0 Å². The minimum Gasteiger partial charge on any atom is -0.497 e. The second-order valence-electron chi connectivity index (χ2n) is 6.56. The summed E-state index contributed by atoms with van der Waals surface area (Å²) in [4.78, 5) is 4.03. The molecular weight excluding hydrogens is 388 g/mol. The summed E-state index contributed by atoms with van der Waals surface area (Å²) in [6, 6.07) is 23.9. The van der Waals surface area contributed by atoms with Crippen LogP contribution in [-0.2, 0) is 6.61 Å². The van der Waals surface area contributed by atoms with Crippen molar-refractivity contribution in [1.29, 1.82) is 0 Å². The lowest BCUT2D eigenvalue weighted by molar-refractivity contribution is 0.116. The molecule has 0 spiro atoms. The molecule has 0 amide bonds. The summed E-state index contributed by atoms with van der Waals surface area (Å²) in [6.45, 7) is 0.441. The Balaban J connectivity index is 1.60. The summed E-state index contributed by atoms with van der Waals surface area (Å²) in [5.41, 5.74) is 2.70. The van der Waals surface area contributed by atoms with Crippen LogP contribution < -0.4 is 9.47 Å². The van der Waals surface area contributed by atoms with Gasteiger partial charge in [0.15, 0.2) is 5.76 Å². The van der Waals surface area contributed by atoms with E-state index in [4.69, 9.17) is 13.9 Å². The maximum Gasteiger partial charge on any atom is 0.313 e. The minimum atomic E-state index is -2.80. The van der Waals surface area contributed by atoms with E-state index >= 15 is 0 Å². The molecule has 0 atom stereocenters. The molecule has 0 radical (unpaired) electrons. The van der Waals surface area contributed by atoms with E-state index in [1.54, 1.807) is 55.6 Å². The van der Waals surface area contributed by atoms with Crippen molar-refractivity contribution in [2.24, 2.45) is 0 Å². The fraction of sp³-hybridized carbons (Fsp3) is 0.125. The first-order chi connectivity index (χ1) is 14.6. The number of benzene rings is 3. The van der Waals surface area contributed by atoms with Crippen LogP contribution in [0.5, 0.6) is 11.5 Å². The smallest absolute Gasteiger partial charge is 0.313 e. The van der Waals surface area contributed by atoms with E-state index in [2.05, 4.69) is 4.98 Å². The molecule has 0 N–H and O–H groups in total. The molecule has 0 unspecified atom stereocenters. The Hall–Kier alpha value is -3.67. The fourth-order valence-corrected chi connectivity index (χ4v) is 3.01. The van der Waals surface area contributed by atoms with E-state index in [9.17, 15) is 8.78 Å². The van der Waals surface area contributed by atoms with Crippen molar-refractivity contribution in [3.05, 3.63) is 90.3 Å². The molecule has 0 aliphatic rings. The Kier molecular flexibility index (Phi) is 5.75. The second kappa shape index (κ2) is 8.78. The van der Waals surface area contributed by atoms with Gasteiger partial charge in [-0.25, -0.2) is 4.98 Å². The van der Waals surface area contributed by atoms with Gasteiger partial charge in [0.2, 0.25) is 0 Å². The molecule has 0 saturated carbocycles. The van der Waals surface area contributed by atoms with E-state index in [1.807, 2.05) is 30.3 Å². The maximum absolute atomic E-state index is 13.2. The Morgan fingerprint density at radius 2 is 1.47 bits per heavy atom. The van der Waals surface area contributed by atoms with E-state index < -0.39 is 12.3 Å². The summed E-state index contributed by atoms with van der Waals surface area (Å²) >= 11 is 0. The number of rotatable bonds is 7. The average molecular weight is 407 g/mol. The molecule has 4 nitrogen and oxygen atoms in total.